The van der Waals surface area contributed by atoms with Gasteiger partial charge in [0.05, 0.1) is 12.7 Å². The smallest absolute Gasteiger partial charge is 0.0952 e. The van der Waals surface area contributed by atoms with E-state index in [0.29, 0.717) is 18.2 Å². The Morgan fingerprint density at radius 3 is 2.82 bits per heavy atom. The van der Waals surface area contributed by atoms with E-state index in [4.69, 9.17) is 22.1 Å². The van der Waals surface area contributed by atoms with E-state index >= 15 is 0 Å². The minimum Gasteiger partial charge on any atom is -0.367 e. The van der Waals surface area contributed by atoms with Crippen molar-refractivity contribution in [1.82, 2.24) is 0 Å². The second-order valence-electron chi connectivity index (χ2n) is 3.67. The average Bonchev–Trinajstić information content (AvgIpc) is 2.83. The molecule has 2 N–H and O–H groups in total. The lowest BCUT2D eigenvalue weighted by Crippen LogP contribution is -2.15. The Labute approximate surface area is 110 Å². The first-order valence-electron chi connectivity index (χ1n) is 5.39. The van der Waals surface area contributed by atoms with Crippen LogP contribution in [-0.4, -0.2) is 6.54 Å². The van der Waals surface area contributed by atoms with E-state index in [2.05, 4.69) is 6.07 Å². The van der Waals surface area contributed by atoms with E-state index in [1.165, 1.54) is 4.88 Å². The third-order valence-electron chi connectivity index (χ3n) is 2.44. The fourth-order valence-electron chi connectivity index (χ4n) is 1.58. The van der Waals surface area contributed by atoms with Crippen LogP contribution in [0.1, 0.15) is 16.5 Å². The van der Waals surface area contributed by atoms with Crippen LogP contribution in [0, 0.1) is 0 Å². The molecule has 17 heavy (non-hydrogen) atoms. The van der Waals surface area contributed by atoms with Gasteiger partial charge in [-0.05, 0) is 29.1 Å². The molecule has 1 atom stereocenters. The Morgan fingerprint density at radius 1 is 1.29 bits per heavy atom. The molecule has 0 saturated heterocycles. The van der Waals surface area contributed by atoms with Gasteiger partial charge in [0.15, 0.2) is 0 Å². The molecule has 1 aromatic heterocycles. The molecule has 2 nitrogen and oxygen atoms in total. The zero-order valence-corrected chi connectivity index (χ0v) is 10.9. The van der Waals surface area contributed by atoms with Gasteiger partial charge in [0.1, 0.15) is 0 Å². The maximum Gasteiger partial charge on any atom is 0.0952 e. The number of rotatable bonds is 5. The van der Waals surface area contributed by atoms with Gasteiger partial charge in [-0.2, -0.15) is 0 Å². The van der Waals surface area contributed by atoms with Crippen molar-refractivity contribution in [3.8, 4) is 0 Å². The number of hydrogen-bond donors (Lipinski definition) is 1. The average molecular weight is 268 g/mol. The predicted octanol–water partition coefficient (Wildman–Crippen LogP) is 3.62. The van der Waals surface area contributed by atoms with Gasteiger partial charge in [0.2, 0.25) is 0 Å². The van der Waals surface area contributed by atoms with Crippen molar-refractivity contribution in [1.29, 1.82) is 0 Å². The highest BCUT2D eigenvalue weighted by Crippen LogP contribution is 2.22. The van der Waals surface area contributed by atoms with Crippen molar-refractivity contribution >= 4 is 22.9 Å². The number of benzene rings is 1. The van der Waals surface area contributed by atoms with Crippen LogP contribution in [-0.2, 0) is 11.3 Å². The van der Waals surface area contributed by atoms with E-state index < -0.39 is 0 Å². The molecule has 0 bridgehead atoms. The van der Waals surface area contributed by atoms with Gasteiger partial charge in [-0.3, -0.25) is 0 Å². The van der Waals surface area contributed by atoms with Crippen LogP contribution in [0.4, 0.5) is 0 Å². The van der Waals surface area contributed by atoms with Crippen LogP contribution in [0.5, 0.6) is 0 Å². The fourth-order valence-corrected chi connectivity index (χ4v) is 2.41. The maximum atomic E-state index is 5.95. The molecular formula is C13H14ClNOS. The topological polar surface area (TPSA) is 35.2 Å². The molecule has 1 heterocycles. The summed E-state index contributed by atoms with van der Waals surface area (Å²) in [7, 11) is 0. The van der Waals surface area contributed by atoms with Gasteiger partial charge in [-0.15, -0.1) is 11.3 Å². The summed E-state index contributed by atoms with van der Waals surface area (Å²) in [5.41, 5.74) is 6.75. The normalized spacial score (nSPS) is 12.6. The SMILES string of the molecule is NCC(OCc1cccs1)c1cccc(Cl)c1. The van der Waals surface area contributed by atoms with E-state index in [1.807, 2.05) is 35.7 Å². The summed E-state index contributed by atoms with van der Waals surface area (Å²) in [6, 6.07) is 11.7. The fraction of sp³-hybridized carbons (Fsp3) is 0.231. The highest BCUT2D eigenvalue weighted by molar-refractivity contribution is 7.09. The summed E-state index contributed by atoms with van der Waals surface area (Å²) < 4.78 is 5.80. The molecule has 2 rings (SSSR count). The Balaban J connectivity index is 2.01. The molecule has 4 heteroatoms. The lowest BCUT2D eigenvalue weighted by atomic mass is 10.1. The monoisotopic (exact) mass is 267 g/mol. The van der Waals surface area contributed by atoms with Crippen LogP contribution in [0.3, 0.4) is 0 Å². The minimum atomic E-state index is -0.101. The van der Waals surface area contributed by atoms with Crippen LogP contribution in [0.25, 0.3) is 0 Å². The lowest BCUT2D eigenvalue weighted by Gasteiger charge is -2.16. The number of ether oxygens (including phenoxy) is 1. The van der Waals surface area contributed by atoms with Crippen LogP contribution >= 0.6 is 22.9 Å². The molecule has 0 spiro atoms. The molecule has 0 aliphatic heterocycles. The summed E-state index contributed by atoms with van der Waals surface area (Å²) in [5.74, 6) is 0. The molecule has 0 fully saturated rings. The van der Waals surface area contributed by atoms with Crippen LogP contribution in [0.2, 0.25) is 5.02 Å². The van der Waals surface area contributed by atoms with E-state index in [0.717, 1.165) is 5.56 Å². The summed E-state index contributed by atoms with van der Waals surface area (Å²) in [6.45, 7) is 1.04. The summed E-state index contributed by atoms with van der Waals surface area (Å²) >= 11 is 7.63. The molecule has 1 unspecified atom stereocenters. The van der Waals surface area contributed by atoms with Crippen molar-refractivity contribution in [3.63, 3.8) is 0 Å². The van der Waals surface area contributed by atoms with Gasteiger partial charge in [-0.1, -0.05) is 29.8 Å². The lowest BCUT2D eigenvalue weighted by molar-refractivity contribution is 0.0473. The number of halogens is 1. The molecular weight excluding hydrogens is 254 g/mol. The first-order chi connectivity index (χ1) is 8.29. The Kier molecular flexibility index (Phi) is 4.57. The third kappa shape index (κ3) is 3.54. The number of hydrogen-bond acceptors (Lipinski definition) is 3. The van der Waals surface area contributed by atoms with Crippen molar-refractivity contribution in [2.45, 2.75) is 12.7 Å². The second kappa shape index (κ2) is 6.17. The Hall–Kier alpha value is -0.870. The van der Waals surface area contributed by atoms with Crippen molar-refractivity contribution < 1.29 is 4.74 Å². The summed E-state index contributed by atoms with van der Waals surface area (Å²) in [5, 5.41) is 2.75. The highest BCUT2D eigenvalue weighted by atomic mass is 35.5. The quantitative estimate of drug-likeness (QED) is 0.898. The predicted molar refractivity (Wildman–Crippen MR) is 72.4 cm³/mol. The molecule has 0 aliphatic carbocycles. The number of thiophene rings is 1. The van der Waals surface area contributed by atoms with Gasteiger partial charge in [0, 0.05) is 16.4 Å². The zero-order valence-electron chi connectivity index (χ0n) is 9.30. The standard InChI is InChI=1S/C13H14ClNOS/c14-11-4-1-3-10(7-11)13(8-15)16-9-12-5-2-6-17-12/h1-7,13H,8-9,15H2. The largest absolute Gasteiger partial charge is 0.367 e. The summed E-state index contributed by atoms with van der Waals surface area (Å²) in [6.07, 6.45) is -0.101. The molecule has 0 aliphatic rings. The third-order valence-corrected chi connectivity index (χ3v) is 3.53. The Bertz CT molecular complexity index is 458. The van der Waals surface area contributed by atoms with Crippen molar-refractivity contribution in [2.24, 2.45) is 5.73 Å². The molecule has 90 valence electrons. The highest BCUT2D eigenvalue weighted by Gasteiger charge is 2.10. The first-order valence-corrected chi connectivity index (χ1v) is 6.65. The van der Waals surface area contributed by atoms with Crippen LogP contribution < -0.4 is 5.73 Å². The van der Waals surface area contributed by atoms with Gasteiger partial charge in [-0.25, -0.2) is 0 Å². The molecule has 1 aromatic carbocycles. The zero-order chi connectivity index (χ0) is 12.1. The van der Waals surface area contributed by atoms with Gasteiger partial charge in [0.25, 0.3) is 0 Å². The van der Waals surface area contributed by atoms with E-state index in [9.17, 15) is 0 Å². The van der Waals surface area contributed by atoms with Gasteiger partial charge >= 0.3 is 0 Å². The van der Waals surface area contributed by atoms with Gasteiger partial charge < -0.3 is 10.5 Å². The molecule has 0 saturated carbocycles. The summed E-state index contributed by atoms with van der Waals surface area (Å²) in [4.78, 5) is 1.20. The first kappa shape index (κ1) is 12.6. The van der Waals surface area contributed by atoms with E-state index in [1.54, 1.807) is 11.3 Å². The second-order valence-corrected chi connectivity index (χ2v) is 5.14. The molecule has 0 radical (unpaired) electrons. The maximum absolute atomic E-state index is 5.95. The van der Waals surface area contributed by atoms with Crippen molar-refractivity contribution in [3.05, 3.63) is 57.2 Å². The van der Waals surface area contributed by atoms with Crippen LogP contribution in [0.15, 0.2) is 41.8 Å². The molecule has 0 amide bonds. The Morgan fingerprint density at radius 2 is 2.18 bits per heavy atom. The molecule has 2 aromatic rings. The number of nitrogens with two attached hydrogens (primary N) is 1. The minimum absolute atomic E-state index is 0.101. The van der Waals surface area contributed by atoms with Crippen molar-refractivity contribution in [2.75, 3.05) is 6.54 Å². The van der Waals surface area contributed by atoms with E-state index in [-0.39, 0.29) is 6.10 Å².